The number of hydrogen-bond donors (Lipinski definition) is 2. The smallest absolute Gasteiger partial charge is 0.144 e. The number of nitrogen functional groups attached to an aromatic ring is 1. The molecule has 3 N–H and O–H groups in total. The van der Waals surface area contributed by atoms with Crippen molar-refractivity contribution in [3.05, 3.63) is 42.2 Å². The molecule has 0 radical (unpaired) electrons. The second-order valence-corrected chi connectivity index (χ2v) is 4.12. The van der Waals surface area contributed by atoms with Crippen LogP contribution in [-0.4, -0.2) is 9.97 Å². The Labute approximate surface area is 100 Å². The first-order valence-corrected chi connectivity index (χ1v) is 5.42. The van der Waals surface area contributed by atoms with Gasteiger partial charge in [-0.1, -0.05) is 11.8 Å². The molecule has 88 valence electrons. The molecule has 17 heavy (non-hydrogen) atoms. The number of rotatable bonds is 3. The zero-order chi connectivity index (χ0) is 12.3. The van der Waals surface area contributed by atoms with Crippen LogP contribution in [0, 0.1) is 11.6 Å². The topological polar surface area (TPSA) is 63.8 Å². The van der Waals surface area contributed by atoms with Crippen LogP contribution in [0.2, 0.25) is 0 Å². The number of halogens is 2. The molecule has 2 aromatic rings. The highest BCUT2D eigenvalue weighted by Crippen LogP contribution is 2.29. The van der Waals surface area contributed by atoms with Crippen molar-refractivity contribution in [2.24, 2.45) is 5.84 Å². The van der Waals surface area contributed by atoms with E-state index in [-0.39, 0.29) is 4.90 Å². The minimum atomic E-state index is -0.503. The zero-order valence-corrected chi connectivity index (χ0v) is 9.34. The first-order valence-electron chi connectivity index (χ1n) is 4.60. The molecule has 0 bridgehead atoms. The molecule has 2 rings (SSSR count). The van der Waals surface area contributed by atoms with Crippen LogP contribution in [0.1, 0.15) is 0 Å². The number of benzene rings is 1. The van der Waals surface area contributed by atoms with Gasteiger partial charge in [-0.2, -0.15) is 0 Å². The van der Waals surface area contributed by atoms with Crippen molar-refractivity contribution in [1.29, 1.82) is 0 Å². The maximum Gasteiger partial charge on any atom is 0.144 e. The SMILES string of the molecule is NNc1cc(Sc2cc(F)ccc2F)ncn1. The van der Waals surface area contributed by atoms with Gasteiger partial charge in [-0.25, -0.2) is 24.6 Å². The Bertz CT molecular complexity index is 535. The van der Waals surface area contributed by atoms with E-state index in [2.05, 4.69) is 15.4 Å². The number of hydrazine groups is 1. The van der Waals surface area contributed by atoms with E-state index in [0.717, 1.165) is 30.0 Å². The van der Waals surface area contributed by atoms with Crippen molar-refractivity contribution in [3.63, 3.8) is 0 Å². The lowest BCUT2D eigenvalue weighted by Gasteiger charge is -2.04. The summed E-state index contributed by atoms with van der Waals surface area (Å²) >= 11 is 0.996. The number of nitrogens with one attached hydrogen (secondary N) is 1. The summed E-state index contributed by atoms with van der Waals surface area (Å²) in [7, 11) is 0. The van der Waals surface area contributed by atoms with Crippen molar-refractivity contribution in [2.45, 2.75) is 9.92 Å². The van der Waals surface area contributed by atoms with Gasteiger partial charge in [-0.15, -0.1) is 0 Å². The molecule has 1 heterocycles. The lowest BCUT2D eigenvalue weighted by molar-refractivity contribution is 0.577. The van der Waals surface area contributed by atoms with Gasteiger partial charge in [0.05, 0.1) is 4.90 Å². The monoisotopic (exact) mass is 254 g/mol. The molecule has 7 heteroatoms. The molecule has 0 unspecified atom stereocenters. The third kappa shape index (κ3) is 2.89. The summed E-state index contributed by atoms with van der Waals surface area (Å²) in [5, 5.41) is 0.470. The van der Waals surface area contributed by atoms with Gasteiger partial charge < -0.3 is 5.43 Å². The molecule has 0 amide bonds. The number of anilines is 1. The van der Waals surface area contributed by atoms with Gasteiger partial charge >= 0.3 is 0 Å². The van der Waals surface area contributed by atoms with Gasteiger partial charge in [0.25, 0.3) is 0 Å². The fourth-order valence-electron chi connectivity index (χ4n) is 1.14. The molecular weight excluding hydrogens is 246 g/mol. The van der Waals surface area contributed by atoms with Gasteiger partial charge in [0.15, 0.2) is 0 Å². The Balaban J connectivity index is 2.27. The van der Waals surface area contributed by atoms with E-state index in [1.54, 1.807) is 0 Å². The van der Waals surface area contributed by atoms with Crippen LogP contribution in [0.25, 0.3) is 0 Å². The fraction of sp³-hybridized carbons (Fsp3) is 0. The fourth-order valence-corrected chi connectivity index (χ4v) is 1.98. The third-order valence-electron chi connectivity index (χ3n) is 1.90. The van der Waals surface area contributed by atoms with E-state index in [9.17, 15) is 8.78 Å². The first kappa shape index (κ1) is 11.7. The van der Waals surface area contributed by atoms with E-state index < -0.39 is 11.6 Å². The molecule has 1 aromatic carbocycles. The predicted molar refractivity (Wildman–Crippen MR) is 60.3 cm³/mol. The molecule has 1 aromatic heterocycles. The van der Waals surface area contributed by atoms with E-state index in [4.69, 9.17) is 5.84 Å². The molecule has 0 atom stereocenters. The maximum absolute atomic E-state index is 13.4. The second kappa shape index (κ2) is 5.07. The summed E-state index contributed by atoms with van der Waals surface area (Å²) in [5.74, 6) is 4.58. The van der Waals surface area contributed by atoms with Gasteiger partial charge in [-0.3, -0.25) is 0 Å². The highest BCUT2D eigenvalue weighted by Gasteiger charge is 2.07. The summed E-state index contributed by atoms with van der Waals surface area (Å²) in [6, 6.07) is 4.78. The average molecular weight is 254 g/mol. The van der Waals surface area contributed by atoms with E-state index in [0.29, 0.717) is 10.8 Å². The van der Waals surface area contributed by atoms with E-state index in [1.165, 1.54) is 12.4 Å². The number of hydrogen-bond acceptors (Lipinski definition) is 5. The average Bonchev–Trinajstić information content (AvgIpc) is 2.34. The lowest BCUT2D eigenvalue weighted by atomic mass is 10.3. The Morgan fingerprint density at radius 3 is 2.76 bits per heavy atom. The third-order valence-corrected chi connectivity index (χ3v) is 2.86. The number of nitrogens with two attached hydrogens (primary N) is 1. The minimum Gasteiger partial charge on any atom is -0.308 e. The van der Waals surface area contributed by atoms with Crippen LogP contribution in [0.5, 0.6) is 0 Å². The standard InChI is InChI=1S/C10H8F2N4S/c11-6-1-2-7(12)8(3-6)17-10-4-9(16-13)14-5-15-10/h1-5H,13H2,(H,14,15,16). The molecule has 0 aliphatic rings. The van der Waals surface area contributed by atoms with Crippen LogP contribution in [0.15, 0.2) is 40.5 Å². The quantitative estimate of drug-likeness (QED) is 0.499. The Hall–Kier alpha value is -1.73. The molecule has 0 fully saturated rings. The van der Waals surface area contributed by atoms with Gasteiger partial charge in [0.1, 0.15) is 28.8 Å². The van der Waals surface area contributed by atoms with Crippen LogP contribution in [0.3, 0.4) is 0 Å². The summed E-state index contributed by atoms with van der Waals surface area (Å²) in [5.41, 5.74) is 2.35. The highest BCUT2D eigenvalue weighted by atomic mass is 32.2. The number of aromatic nitrogens is 2. The van der Waals surface area contributed by atoms with Gasteiger partial charge in [-0.05, 0) is 18.2 Å². The molecule has 4 nitrogen and oxygen atoms in total. The molecule has 0 aliphatic heterocycles. The Morgan fingerprint density at radius 2 is 2.00 bits per heavy atom. The van der Waals surface area contributed by atoms with Gasteiger partial charge in [0.2, 0.25) is 0 Å². The Kier molecular flexibility index (Phi) is 3.50. The maximum atomic E-state index is 13.4. The van der Waals surface area contributed by atoms with Crippen LogP contribution >= 0.6 is 11.8 Å². The normalized spacial score (nSPS) is 10.3. The van der Waals surface area contributed by atoms with Crippen molar-refractivity contribution < 1.29 is 8.78 Å². The summed E-state index contributed by atoms with van der Waals surface area (Å²) in [6.45, 7) is 0. The molecule has 0 aliphatic carbocycles. The molecule has 0 saturated carbocycles. The predicted octanol–water partition coefficient (Wildman–Crippen LogP) is 2.19. The molecule has 0 saturated heterocycles. The van der Waals surface area contributed by atoms with Crippen molar-refractivity contribution in [3.8, 4) is 0 Å². The van der Waals surface area contributed by atoms with Crippen molar-refractivity contribution in [2.75, 3.05) is 5.43 Å². The van der Waals surface area contributed by atoms with Crippen LogP contribution in [0.4, 0.5) is 14.6 Å². The summed E-state index contributed by atoms with van der Waals surface area (Å²) in [6.07, 6.45) is 1.29. The van der Waals surface area contributed by atoms with Crippen LogP contribution < -0.4 is 11.3 Å². The minimum absolute atomic E-state index is 0.159. The zero-order valence-electron chi connectivity index (χ0n) is 8.52. The Morgan fingerprint density at radius 1 is 1.18 bits per heavy atom. The van der Waals surface area contributed by atoms with Gasteiger partial charge in [0, 0.05) is 6.07 Å². The van der Waals surface area contributed by atoms with E-state index in [1.807, 2.05) is 0 Å². The molecular formula is C10H8F2N4S. The lowest BCUT2D eigenvalue weighted by Crippen LogP contribution is -2.08. The number of nitrogens with zero attached hydrogens (tertiary/aromatic N) is 2. The molecule has 0 spiro atoms. The largest absolute Gasteiger partial charge is 0.308 e. The van der Waals surface area contributed by atoms with Crippen molar-refractivity contribution >= 4 is 17.6 Å². The van der Waals surface area contributed by atoms with Crippen molar-refractivity contribution in [1.82, 2.24) is 9.97 Å². The van der Waals surface area contributed by atoms with E-state index >= 15 is 0 Å². The summed E-state index contributed by atoms with van der Waals surface area (Å²) in [4.78, 5) is 7.89. The van der Waals surface area contributed by atoms with Crippen LogP contribution in [-0.2, 0) is 0 Å². The first-order chi connectivity index (χ1) is 8.19. The summed E-state index contributed by atoms with van der Waals surface area (Å²) < 4.78 is 26.3. The highest BCUT2D eigenvalue weighted by molar-refractivity contribution is 7.99. The second-order valence-electron chi connectivity index (χ2n) is 3.06.